The number of ether oxygens (including phenoxy) is 1. The number of alkyl halides is 2. The van der Waals surface area contributed by atoms with E-state index in [9.17, 15) is 13.2 Å². The Kier molecular flexibility index (Phi) is 7.72. The van der Waals surface area contributed by atoms with Crippen LogP contribution in [0.4, 0.5) is 13.2 Å². The average molecular weight is 410 g/mol. The maximum Gasteiger partial charge on any atom is 0.387 e. The molecule has 0 aromatic heterocycles. The molecule has 1 nitrogen and oxygen atoms in total. The summed E-state index contributed by atoms with van der Waals surface area (Å²) in [4.78, 5) is 0. The largest absolute Gasteiger partial charge is 0.432 e. The molecule has 0 fully saturated rings. The van der Waals surface area contributed by atoms with E-state index in [1.165, 1.54) is 37.0 Å². The summed E-state index contributed by atoms with van der Waals surface area (Å²) in [6, 6.07) is 20.3. The van der Waals surface area contributed by atoms with Crippen LogP contribution < -0.4 is 4.74 Å². The number of unbranched alkanes of at least 4 members (excludes halogenated alkanes) is 3. The lowest BCUT2D eigenvalue weighted by Gasteiger charge is -2.09. The van der Waals surface area contributed by atoms with E-state index >= 15 is 0 Å². The third-order valence-corrected chi connectivity index (χ3v) is 5.03. The summed E-state index contributed by atoms with van der Waals surface area (Å²) in [5, 5.41) is 0. The van der Waals surface area contributed by atoms with Crippen molar-refractivity contribution in [2.45, 2.75) is 38.7 Å². The van der Waals surface area contributed by atoms with Gasteiger partial charge >= 0.3 is 6.61 Å². The van der Waals surface area contributed by atoms with Gasteiger partial charge in [-0.3, -0.25) is 0 Å². The molecule has 0 spiro atoms. The van der Waals surface area contributed by atoms with Gasteiger partial charge in [0.15, 0.2) is 11.6 Å². The minimum absolute atomic E-state index is 0.453. The molecule has 3 rings (SSSR count). The Hall–Kier alpha value is -3.01. The summed E-state index contributed by atoms with van der Waals surface area (Å²) >= 11 is 0. The monoisotopic (exact) mass is 410 g/mol. The number of hydrogen-bond acceptors (Lipinski definition) is 1. The Morgan fingerprint density at radius 1 is 0.767 bits per heavy atom. The van der Waals surface area contributed by atoms with Gasteiger partial charge < -0.3 is 4.74 Å². The summed E-state index contributed by atoms with van der Waals surface area (Å²) in [7, 11) is 0. The van der Waals surface area contributed by atoms with Crippen LogP contribution in [0.5, 0.6) is 5.75 Å². The molecule has 0 saturated heterocycles. The predicted octanol–water partition coefficient (Wildman–Crippen LogP) is 8.05. The number of benzene rings is 3. The molecule has 0 amide bonds. The second-order valence-electron chi connectivity index (χ2n) is 7.19. The van der Waals surface area contributed by atoms with Gasteiger partial charge in [-0.25, -0.2) is 4.39 Å². The van der Waals surface area contributed by atoms with Crippen LogP contribution in [0, 0.1) is 5.82 Å². The minimum atomic E-state index is -3.05. The molecule has 4 heteroatoms. The van der Waals surface area contributed by atoms with Crippen LogP contribution in [0.15, 0.2) is 79.4 Å². The second kappa shape index (κ2) is 10.7. The lowest BCUT2D eigenvalue weighted by molar-refractivity contribution is -0.0521. The van der Waals surface area contributed by atoms with Gasteiger partial charge in [0.2, 0.25) is 0 Å². The van der Waals surface area contributed by atoms with Gasteiger partial charge in [-0.15, -0.1) is 6.58 Å². The normalized spacial score (nSPS) is 10.9. The van der Waals surface area contributed by atoms with Crippen LogP contribution in [-0.2, 0) is 6.42 Å². The Labute approximate surface area is 175 Å². The van der Waals surface area contributed by atoms with Gasteiger partial charge in [0, 0.05) is 0 Å². The first kappa shape index (κ1) is 21.7. The summed E-state index contributed by atoms with van der Waals surface area (Å²) in [6.45, 7) is 0.700. The Morgan fingerprint density at radius 2 is 1.33 bits per heavy atom. The Balaban J connectivity index is 1.64. The number of halogens is 3. The fraction of sp³-hybridized carbons (Fsp3) is 0.231. The molecule has 0 N–H and O–H groups in total. The summed E-state index contributed by atoms with van der Waals surface area (Å²) in [5.41, 5.74) is 4.92. The van der Waals surface area contributed by atoms with Crippen molar-refractivity contribution >= 4 is 0 Å². The van der Waals surface area contributed by atoms with Crippen molar-refractivity contribution in [3.63, 3.8) is 0 Å². The standard InChI is InChI=1S/C26H25F3O/c1-2-3-4-5-6-7-19-8-10-20(11-9-19)21-12-14-22(15-13-21)23-16-17-25(24(27)18-23)30-26(28)29/h2,8-18,26H,1,3-7H2. The van der Waals surface area contributed by atoms with Crippen molar-refractivity contribution in [1.82, 2.24) is 0 Å². The van der Waals surface area contributed by atoms with Crippen LogP contribution in [0.2, 0.25) is 0 Å². The molecule has 3 aromatic carbocycles. The van der Waals surface area contributed by atoms with Crippen molar-refractivity contribution in [3.8, 4) is 28.0 Å². The molecule has 0 aliphatic carbocycles. The first-order valence-electron chi connectivity index (χ1n) is 10.1. The molecule has 156 valence electrons. The van der Waals surface area contributed by atoms with E-state index in [-0.39, 0.29) is 0 Å². The second-order valence-corrected chi connectivity index (χ2v) is 7.19. The van der Waals surface area contributed by atoms with Crippen LogP contribution in [0.25, 0.3) is 22.3 Å². The predicted molar refractivity (Wildman–Crippen MR) is 116 cm³/mol. The average Bonchev–Trinajstić information content (AvgIpc) is 2.75. The topological polar surface area (TPSA) is 9.23 Å². The zero-order chi connectivity index (χ0) is 21.3. The Morgan fingerprint density at radius 3 is 1.90 bits per heavy atom. The van der Waals surface area contributed by atoms with Crippen molar-refractivity contribution in [2.75, 3.05) is 0 Å². The summed E-state index contributed by atoms with van der Waals surface area (Å²) in [6.07, 6.45) is 7.71. The zero-order valence-electron chi connectivity index (χ0n) is 16.8. The quantitative estimate of drug-likeness (QED) is 0.243. The smallest absolute Gasteiger partial charge is 0.387 e. The zero-order valence-corrected chi connectivity index (χ0v) is 16.8. The molecule has 0 unspecified atom stereocenters. The molecule has 0 radical (unpaired) electrons. The highest BCUT2D eigenvalue weighted by Gasteiger charge is 2.11. The molecule has 0 atom stereocenters. The van der Waals surface area contributed by atoms with Gasteiger partial charge in [-0.1, -0.05) is 67.1 Å². The lowest BCUT2D eigenvalue weighted by atomic mass is 9.98. The fourth-order valence-corrected chi connectivity index (χ4v) is 3.39. The van der Waals surface area contributed by atoms with Crippen molar-refractivity contribution in [2.24, 2.45) is 0 Å². The first-order chi connectivity index (χ1) is 14.6. The third-order valence-electron chi connectivity index (χ3n) is 5.03. The van der Waals surface area contributed by atoms with E-state index in [0.29, 0.717) is 5.56 Å². The molecule has 0 saturated carbocycles. The first-order valence-corrected chi connectivity index (χ1v) is 10.1. The third kappa shape index (κ3) is 5.99. The van der Waals surface area contributed by atoms with E-state index in [2.05, 4.69) is 35.6 Å². The summed E-state index contributed by atoms with van der Waals surface area (Å²) in [5.74, 6) is -1.26. The van der Waals surface area contributed by atoms with Crippen LogP contribution >= 0.6 is 0 Å². The highest BCUT2D eigenvalue weighted by atomic mass is 19.3. The molecular weight excluding hydrogens is 385 g/mol. The van der Waals surface area contributed by atoms with E-state index in [1.807, 2.05) is 30.3 Å². The van der Waals surface area contributed by atoms with Crippen molar-refractivity contribution < 1.29 is 17.9 Å². The van der Waals surface area contributed by atoms with Gasteiger partial charge in [0.1, 0.15) is 0 Å². The van der Waals surface area contributed by atoms with E-state index < -0.39 is 18.2 Å². The highest BCUT2D eigenvalue weighted by molar-refractivity contribution is 5.71. The fourth-order valence-electron chi connectivity index (χ4n) is 3.39. The number of rotatable bonds is 10. The Bertz CT molecular complexity index is 947. The number of allylic oxidation sites excluding steroid dienone is 1. The number of aryl methyl sites for hydroxylation is 1. The molecule has 0 aliphatic heterocycles. The van der Waals surface area contributed by atoms with Crippen LogP contribution in [-0.4, -0.2) is 6.61 Å². The maximum atomic E-state index is 14.0. The van der Waals surface area contributed by atoms with Gasteiger partial charge in [0.05, 0.1) is 0 Å². The minimum Gasteiger partial charge on any atom is -0.432 e. The van der Waals surface area contributed by atoms with Gasteiger partial charge in [-0.2, -0.15) is 8.78 Å². The van der Waals surface area contributed by atoms with Crippen molar-refractivity contribution in [3.05, 3.63) is 90.8 Å². The molecule has 3 aromatic rings. The molecule has 30 heavy (non-hydrogen) atoms. The number of hydrogen-bond donors (Lipinski definition) is 0. The summed E-state index contributed by atoms with van der Waals surface area (Å²) < 4.78 is 42.7. The SMILES string of the molecule is C=CCCCCCc1ccc(-c2ccc(-c3ccc(OC(F)F)c(F)c3)cc2)cc1. The van der Waals surface area contributed by atoms with Crippen molar-refractivity contribution in [1.29, 1.82) is 0 Å². The molecule has 0 aliphatic rings. The highest BCUT2D eigenvalue weighted by Crippen LogP contribution is 2.29. The van der Waals surface area contributed by atoms with E-state index in [1.54, 1.807) is 6.07 Å². The molecule has 0 heterocycles. The van der Waals surface area contributed by atoms with E-state index in [4.69, 9.17) is 0 Å². The van der Waals surface area contributed by atoms with Gasteiger partial charge in [-0.05, 0) is 65.6 Å². The maximum absolute atomic E-state index is 14.0. The van der Waals surface area contributed by atoms with E-state index in [0.717, 1.165) is 29.5 Å². The van der Waals surface area contributed by atoms with Gasteiger partial charge in [0.25, 0.3) is 0 Å². The van der Waals surface area contributed by atoms with Crippen LogP contribution in [0.3, 0.4) is 0 Å². The lowest BCUT2D eigenvalue weighted by Crippen LogP contribution is -2.03. The van der Waals surface area contributed by atoms with Crippen LogP contribution in [0.1, 0.15) is 31.2 Å². The molecular formula is C26H25F3O. The molecule has 0 bridgehead atoms.